The molecule has 1 aliphatic heterocycles. The van der Waals surface area contributed by atoms with Gasteiger partial charge in [-0.2, -0.15) is 4.52 Å². The second-order valence-electron chi connectivity index (χ2n) is 7.51. The van der Waals surface area contributed by atoms with Gasteiger partial charge in [0.25, 0.3) is 0 Å². The smallest absolute Gasteiger partial charge is 0.184 e. The number of aryl methyl sites for hydroxylation is 1. The van der Waals surface area contributed by atoms with E-state index in [9.17, 15) is 0 Å². The first-order valence-electron chi connectivity index (χ1n) is 9.91. The molecule has 28 heavy (non-hydrogen) atoms. The number of nitrogens with zero attached hydrogens (tertiary/aromatic N) is 6. The minimum atomic E-state index is 0.534. The summed E-state index contributed by atoms with van der Waals surface area (Å²) >= 11 is 5.64. The van der Waals surface area contributed by atoms with Crippen molar-refractivity contribution in [2.24, 2.45) is 0 Å². The van der Waals surface area contributed by atoms with Gasteiger partial charge in [0.15, 0.2) is 10.8 Å². The van der Waals surface area contributed by atoms with E-state index in [4.69, 9.17) is 12.2 Å². The van der Waals surface area contributed by atoms with Gasteiger partial charge in [-0.15, -0.1) is 5.10 Å². The number of pyridine rings is 1. The summed E-state index contributed by atoms with van der Waals surface area (Å²) in [5.74, 6) is 0. The van der Waals surface area contributed by atoms with Gasteiger partial charge in [0.05, 0.1) is 5.52 Å². The molecule has 3 aromatic rings. The third-order valence-electron chi connectivity index (χ3n) is 5.70. The lowest BCUT2D eigenvalue weighted by atomic mass is 10.1. The van der Waals surface area contributed by atoms with E-state index in [1.807, 2.05) is 11.6 Å². The van der Waals surface area contributed by atoms with Crippen LogP contribution in [0.15, 0.2) is 24.3 Å². The number of likely N-dealkylation sites (tertiary alicyclic amines) is 1. The summed E-state index contributed by atoms with van der Waals surface area (Å²) in [5.41, 5.74) is 4.09. The van der Waals surface area contributed by atoms with Crippen molar-refractivity contribution < 1.29 is 0 Å². The maximum atomic E-state index is 5.64. The van der Waals surface area contributed by atoms with Crippen LogP contribution in [0.4, 0.5) is 0 Å². The van der Waals surface area contributed by atoms with Crippen molar-refractivity contribution >= 4 is 33.9 Å². The summed E-state index contributed by atoms with van der Waals surface area (Å²) in [4.78, 5) is 4.79. The Hall–Kier alpha value is -2.32. The predicted octanol–water partition coefficient (Wildman–Crippen LogP) is 2.38. The molecule has 1 N–H and O–H groups in total. The van der Waals surface area contributed by atoms with Gasteiger partial charge in [-0.05, 0) is 73.2 Å². The Morgan fingerprint density at radius 3 is 3.00 bits per heavy atom. The van der Waals surface area contributed by atoms with Crippen molar-refractivity contribution in [3.05, 3.63) is 35.4 Å². The van der Waals surface area contributed by atoms with Gasteiger partial charge in [0.2, 0.25) is 0 Å². The second-order valence-corrected chi connectivity index (χ2v) is 7.89. The van der Waals surface area contributed by atoms with Crippen molar-refractivity contribution in [3.63, 3.8) is 0 Å². The molecule has 4 rings (SSSR count). The lowest BCUT2D eigenvalue weighted by molar-refractivity contribution is 0.220. The molecule has 1 aliphatic rings. The van der Waals surface area contributed by atoms with E-state index in [0.717, 1.165) is 40.3 Å². The van der Waals surface area contributed by atoms with Crippen molar-refractivity contribution in [2.45, 2.75) is 39.3 Å². The molecule has 0 radical (unpaired) electrons. The molecular weight excluding hydrogens is 370 g/mol. The number of hydrogen-bond acceptors (Lipinski definition) is 5. The Kier molecular flexibility index (Phi) is 5.41. The van der Waals surface area contributed by atoms with Crippen LogP contribution in [-0.4, -0.2) is 67.7 Å². The molecule has 1 fully saturated rings. The Balaban J connectivity index is 1.69. The zero-order valence-electron chi connectivity index (χ0n) is 16.7. The average Bonchev–Trinajstić information content (AvgIpc) is 3.36. The molecule has 148 valence electrons. The molecule has 1 atom stereocenters. The van der Waals surface area contributed by atoms with E-state index in [-0.39, 0.29) is 0 Å². The van der Waals surface area contributed by atoms with Crippen LogP contribution in [0.2, 0.25) is 0 Å². The number of rotatable bonds is 5. The summed E-state index contributed by atoms with van der Waals surface area (Å²) in [5, 5.41) is 17.5. The molecule has 0 saturated carbocycles. The first kappa shape index (κ1) is 19.0. The molecule has 0 unspecified atom stereocenters. The van der Waals surface area contributed by atoms with Crippen LogP contribution >= 0.6 is 12.2 Å². The third-order valence-corrected chi connectivity index (χ3v) is 6.16. The monoisotopic (exact) mass is 397 g/mol. The summed E-state index contributed by atoms with van der Waals surface area (Å²) in [7, 11) is 1.89. The lowest BCUT2D eigenvalue weighted by Gasteiger charge is -2.31. The minimum absolute atomic E-state index is 0.534. The maximum Gasteiger partial charge on any atom is 0.184 e. The number of likely N-dealkylation sites (N-methyl/N-ethyl adjacent to an activating group) is 1. The van der Waals surface area contributed by atoms with E-state index in [2.05, 4.69) is 68.8 Å². The van der Waals surface area contributed by atoms with Crippen LogP contribution in [0.1, 0.15) is 30.9 Å². The van der Waals surface area contributed by atoms with Gasteiger partial charge in [0, 0.05) is 37.1 Å². The van der Waals surface area contributed by atoms with Crippen LogP contribution < -0.4 is 5.32 Å². The lowest BCUT2D eigenvalue weighted by Crippen LogP contribution is -2.45. The second kappa shape index (κ2) is 7.97. The topological polar surface area (TPSA) is 61.6 Å². The Morgan fingerprint density at radius 2 is 2.21 bits per heavy atom. The number of aromatic nitrogens is 4. The van der Waals surface area contributed by atoms with Crippen LogP contribution in [0.25, 0.3) is 16.6 Å². The van der Waals surface area contributed by atoms with Gasteiger partial charge in [0.1, 0.15) is 0 Å². The highest BCUT2D eigenvalue weighted by Gasteiger charge is 2.26. The molecule has 0 spiro atoms. The van der Waals surface area contributed by atoms with Gasteiger partial charge < -0.3 is 10.2 Å². The molecule has 0 bridgehead atoms. The molecule has 2 aromatic heterocycles. The third kappa shape index (κ3) is 3.54. The van der Waals surface area contributed by atoms with Crippen molar-refractivity contribution in [3.8, 4) is 0 Å². The molecule has 1 aromatic carbocycles. The largest absolute Gasteiger partial charge is 0.366 e. The molecule has 8 heteroatoms. The minimum Gasteiger partial charge on any atom is -0.366 e. The van der Waals surface area contributed by atoms with E-state index in [0.29, 0.717) is 12.6 Å². The Bertz CT molecular complexity index is 999. The first-order chi connectivity index (χ1) is 13.6. The number of hydrogen-bond donors (Lipinski definition) is 1. The number of nitrogens with one attached hydrogen (secondary N) is 1. The van der Waals surface area contributed by atoms with Crippen molar-refractivity contribution in [1.82, 2.24) is 35.2 Å². The quantitative estimate of drug-likeness (QED) is 0.663. The molecule has 0 aliphatic carbocycles. The summed E-state index contributed by atoms with van der Waals surface area (Å²) in [6.45, 7) is 8.16. The Labute approximate surface area is 170 Å². The highest BCUT2D eigenvalue weighted by atomic mass is 32.1. The fourth-order valence-corrected chi connectivity index (χ4v) is 4.37. The fourth-order valence-electron chi connectivity index (χ4n) is 4.23. The SMILES string of the molecule is CCN1CCC[C@@H]1CN(Cc1cc2ccc(C)cc2n2nnnc12)C(=S)NC. The molecule has 0 amide bonds. The van der Waals surface area contributed by atoms with E-state index >= 15 is 0 Å². The zero-order valence-corrected chi connectivity index (χ0v) is 17.5. The normalized spacial score (nSPS) is 17.5. The zero-order chi connectivity index (χ0) is 19.7. The Morgan fingerprint density at radius 1 is 1.36 bits per heavy atom. The van der Waals surface area contributed by atoms with Crippen LogP contribution in [0.3, 0.4) is 0 Å². The van der Waals surface area contributed by atoms with Gasteiger partial charge in [-0.25, -0.2) is 0 Å². The molecular formula is C20H27N7S. The standard InChI is InChI=1S/C20H27N7S/c1-4-25-9-5-6-17(25)13-26(20(28)21-3)12-16-11-15-8-7-14(2)10-18(15)27-19(16)22-23-24-27/h7-8,10-11,17H,4-6,9,12-13H2,1-3H3,(H,21,28)/t17-/m1/s1. The van der Waals surface area contributed by atoms with Crippen LogP contribution in [-0.2, 0) is 6.54 Å². The number of thiocarbonyl (C=S) groups is 1. The molecule has 1 saturated heterocycles. The fraction of sp³-hybridized carbons (Fsp3) is 0.500. The average molecular weight is 398 g/mol. The summed E-state index contributed by atoms with van der Waals surface area (Å²) in [6.07, 6.45) is 2.47. The van der Waals surface area contributed by atoms with Gasteiger partial charge in [-0.1, -0.05) is 19.1 Å². The van der Waals surface area contributed by atoms with E-state index in [1.165, 1.54) is 24.9 Å². The van der Waals surface area contributed by atoms with E-state index < -0.39 is 0 Å². The maximum absolute atomic E-state index is 5.64. The summed E-state index contributed by atoms with van der Waals surface area (Å²) < 4.78 is 1.84. The van der Waals surface area contributed by atoms with Crippen LogP contribution in [0.5, 0.6) is 0 Å². The van der Waals surface area contributed by atoms with Crippen LogP contribution in [0, 0.1) is 6.92 Å². The molecule has 7 nitrogen and oxygen atoms in total. The highest BCUT2D eigenvalue weighted by molar-refractivity contribution is 7.80. The number of tetrazole rings is 1. The first-order valence-corrected chi connectivity index (χ1v) is 10.3. The van der Waals surface area contributed by atoms with Crippen molar-refractivity contribution in [2.75, 3.05) is 26.7 Å². The molecule has 3 heterocycles. The predicted molar refractivity (Wildman–Crippen MR) is 115 cm³/mol. The number of fused-ring (bicyclic) bond motifs is 3. The van der Waals surface area contributed by atoms with E-state index in [1.54, 1.807) is 0 Å². The number of benzene rings is 1. The highest BCUT2D eigenvalue weighted by Crippen LogP contribution is 2.23. The van der Waals surface area contributed by atoms with Crippen molar-refractivity contribution in [1.29, 1.82) is 0 Å². The van der Waals surface area contributed by atoms with Gasteiger partial charge >= 0.3 is 0 Å². The van der Waals surface area contributed by atoms with Gasteiger partial charge in [-0.3, -0.25) is 4.90 Å². The summed E-state index contributed by atoms with van der Waals surface area (Å²) in [6, 6.07) is 9.10.